The molecule has 0 saturated heterocycles. The number of thioether (sulfide) groups is 1. The number of ether oxygens (including phenoxy) is 1. The maximum atomic E-state index is 13.1. The molecular formula is C28H34N4O3S3. The van der Waals surface area contributed by atoms with Gasteiger partial charge in [0.25, 0.3) is 0 Å². The molecular weight excluding hydrogens is 537 g/mol. The van der Waals surface area contributed by atoms with E-state index >= 15 is 0 Å². The lowest BCUT2D eigenvalue weighted by Gasteiger charge is -2.19. The summed E-state index contributed by atoms with van der Waals surface area (Å²) < 4.78 is 7.56. The highest BCUT2D eigenvalue weighted by molar-refractivity contribution is 7.99. The lowest BCUT2D eigenvalue weighted by Crippen LogP contribution is -2.19. The van der Waals surface area contributed by atoms with Gasteiger partial charge < -0.3 is 10.1 Å². The van der Waals surface area contributed by atoms with Gasteiger partial charge in [0.15, 0.2) is 11.0 Å². The van der Waals surface area contributed by atoms with E-state index in [4.69, 9.17) is 4.74 Å². The van der Waals surface area contributed by atoms with Crippen LogP contribution in [-0.4, -0.2) is 38.5 Å². The van der Waals surface area contributed by atoms with Gasteiger partial charge in [0, 0.05) is 27.2 Å². The number of aromatic nitrogens is 3. The molecule has 0 spiro atoms. The molecule has 38 heavy (non-hydrogen) atoms. The quantitative estimate of drug-likeness (QED) is 0.178. The molecule has 0 radical (unpaired) electrons. The predicted octanol–water partition coefficient (Wildman–Crippen LogP) is 6.55. The largest absolute Gasteiger partial charge is 0.459 e. The molecule has 0 aromatic carbocycles. The van der Waals surface area contributed by atoms with Crippen molar-refractivity contribution in [1.29, 1.82) is 0 Å². The molecule has 10 heteroatoms. The maximum absolute atomic E-state index is 13.1. The molecule has 3 aromatic rings. The Kier molecular flexibility index (Phi) is 8.40. The number of hydrogen-bond donors (Lipinski definition) is 1. The lowest BCUT2D eigenvalue weighted by molar-refractivity contribution is -0.113. The fourth-order valence-electron chi connectivity index (χ4n) is 5.19. The third-order valence-electron chi connectivity index (χ3n) is 6.97. The molecule has 0 bridgehead atoms. The normalized spacial score (nSPS) is 16.7. The van der Waals surface area contributed by atoms with Crippen LogP contribution in [0.25, 0.3) is 11.4 Å². The van der Waals surface area contributed by atoms with Crippen LogP contribution < -0.4 is 5.32 Å². The van der Waals surface area contributed by atoms with Gasteiger partial charge in [0.2, 0.25) is 5.91 Å². The summed E-state index contributed by atoms with van der Waals surface area (Å²) in [6.45, 7) is 10.5. The highest BCUT2D eigenvalue weighted by atomic mass is 32.2. The van der Waals surface area contributed by atoms with Crippen molar-refractivity contribution in [2.45, 2.75) is 83.5 Å². The highest BCUT2D eigenvalue weighted by Gasteiger charge is 2.28. The molecule has 1 amide bonds. The fraction of sp³-hybridized carbons (Fsp3) is 0.500. The third-order valence-corrected chi connectivity index (χ3v) is 10.2. The van der Waals surface area contributed by atoms with Crippen LogP contribution in [0.3, 0.4) is 0 Å². The van der Waals surface area contributed by atoms with Crippen molar-refractivity contribution in [3.8, 4) is 11.4 Å². The Balaban J connectivity index is 1.33. The van der Waals surface area contributed by atoms with Gasteiger partial charge in [-0.15, -0.1) is 39.4 Å². The zero-order valence-corrected chi connectivity index (χ0v) is 24.6. The number of allylic oxidation sites excluding steroid dienone is 1. The minimum Gasteiger partial charge on any atom is -0.459 e. The van der Waals surface area contributed by atoms with Crippen LogP contribution in [0.5, 0.6) is 0 Å². The van der Waals surface area contributed by atoms with Crippen LogP contribution in [0.2, 0.25) is 0 Å². The van der Waals surface area contributed by atoms with Gasteiger partial charge in [-0.1, -0.05) is 24.8 Å². The summed E-state index contributed by atoms with van der Waals surface area (Å²) in [5.74, 6) is 1.18. The summed E-state index contributed by atoms with van der Waals surface area (Å²) in [6, 6.07) is 0. The van der Waals surface area contributed by atoms with E-state index in [1.54, 1.807) is 0 Å². The number of nitrogens with zero attached hydrogens (tertiary/aromatic N) is 3. The highest BCUT2D eigenvalue weighted by Crippen LogP contribution is 2.40. The SMILES string of the molecule is C=CCn1c(SCC(=O)Nc2sc3c(c2C(=O)OC(C)C)CCCC3)nnc1-c1csc2c1CCC(C)C2. The van der Waals surface area contributed by atoms with Gasteiger partial charge in [-0.05, 0) is 75.8 Å². The standard InChI is InChI=1S/C28H34N4O3S3/c1-5-12-32-25(20-14-36-22-13-17(4)10-11-18(20)22)30-31-28(32)37-15-23(33)29-26-24(27(34)35-16(2)3)19-8-6-7-9-21(19)38-26/h5,14,16-17H,1,6-13,15H2,2-4H3,(H,29,33). The number of esters is 1. The molecule has 2 aliphatic carbocycles. The predicted molar refractivity (Wildman–Crippen MR) is 156 cm³/mol. The molecule has 1 unspecified atom stereocenters. The van der Waals surface area contributed by atoms with Crippen LogP contribution >= 0.6 is 34.4 Å². The second-order valence-electron chi connectivity index (χ2n) is 10.3. The fourth-order valence-corrected chi connectivity index (χ4v) is 8.47. The molecule has 7 nitrogen and oxygen atoms in total. The monoisotopic (exact) mass is 570 g/mol. The first kappa shape index (κ1) is 27.1. The Labute approximate surface area is 236 Å². The molecule has 3 heterocycles. The number of anilines is 1. The molecule has 1 atom stereocenters. The number of rotatable bonds is 9. The Morgan fingerprint density at radius 3 is 2.84 bits per heavy atom. The first-order valence-corrected chi connectivity index (χ1v) is 16.0. The minimum atomic E-state index is -0.355. The number of hydrogen-bond acceptors (Lipinski definition) is 8. The van der Waals surface area contributed by atoms with Crippen molar-refractivity contribution in [3.05, 3.63) is 44.5 Å². The van der Waals surface area contributed by atoms with E-state index in [0.717, 1.165) is 55.5 Å². The van der Waals surface area contributed by atoms with Gasteiger partial charge in [-0.3, -0.25) is 9.36 Å². The molecule has 0 fully saturated rings. The summed E-state index contributed by atoms with van der Waals surface area (Å²) >= 11 is 4.67. The first-order valence-electron chi connectivity index (χ1n) is 13.3. The molecule has 0 saturated carbocycles. The molecule has 0 aliphatic heterocycles. The van der Waals surface area contributed by atoms with E-state index in [0.29, 0.717) is 28.2 Å². The van der Waals surface area contributed by atoms with Crippen LogP contribution in [0, 0.1) is 5.92 Å². The topological polar surface area (TPSA) is 86.1 Å². The third kappa shape index (κ3) is 5.62. The first-order chi connectivity index (χ1) is 18.4. The Hall–Kier alpha value is -2.43. The average molecular weight is 571 g/mol. The summed E-state index contributed by atoms with van der Waals surface area (Å²) in [5.41, 5.74) is 4.12. The van der Waals surface area contributed by atoms with E-state index in [1.807, 2.05) is 35.8 Å². The van der Waals surface area contributed by atoms with Gasteiger partial charge in [-0.25, -0.2) is 4.79 Å². The zero-order chi connectivity index (χ0) is 26.8. The average Bonchev–Trinajstić information content (AvgIpc) is 3.57. The molecule has 2 aliphatic rings. The number of amides is 1. The lowest BCUT2D eigenvalue weighted by atomic mass is 9.88. The molecule has 3 aromatic heterocycles. The summed E-state index contributed by atoms with van der Waals surface area (Å²) in [6.07, 6.45) is 8.91. The van der Waals surface area contributed by atoms with Crippen LogP contribution in [-0.2, 0) is 41.8 Å². The second-order valence-corrected chi connectivity index (χ2v) is 13.3. The Bertz CT molecular complexity index is 1350. The minimum absolute atomic E-state index is 0.162. The number of nitrogens with one attached hydrogen (secondary N) is 1. The summed E-state index contributed by atoms with van der Waals surface area (Å²) in [7, 11) is 0. The Morgan fingerprint density at radius 1 is 1.24 bits per heavy atom. The van der Waals surface area contributed by atoms with E-state index in [9.17, 15) is 9.59 Å². The second kappa shape index (κ2) is 11.8. The summed E-state index contributed by atoms with van der Waals surface area (Å²) in [4.78, 5) is 28.6. The van der Waals surface area contributed by atoms with E-state index in [2.05, 4.69) is 34.4 Å². The van der Waals surface area contributed by atoms with Gasteiger partial charge in [0.05, 0.1) is 17.4 Å². The number of carbonyl (C=O) groups is 2. The van der Waals surface area contributed by atoms with Crippen LogP contribution in [0.4, 0.5) is 5.00 Å². The molecule has 1 N–H and O–H groups in total. The summed E-state index contributed by atoms with van der Waals surface area (Å²) in [5, 5.41) is 15.5. The van der Waals surface area contributed by atoms with Crippen molar-refractivity contribution in [2.75, 3.05) is 11.1 Å². The van der Waals surface area contributed by atoms with E-state index in [1.165, 1.54) is 44.8 Å². The number of aryl methyl sites for hydroxylation is 1. The smallest absolute Gasteiger partial charge is 0.341 e. The van der Waals surface area contributed by atoms with Gasteiger partial charge >= 0.3 is 5.97 Å². The van der Waals surface area contributed by atoms with Crippen molar-refractivity contribution in [2.24, 2.45) is 5.92 Å². The van der Waals surface area contributed by atoms with Crippen molar-refractivity contribution >= 4 is 51.3 Å². The number of fused-ring (bicyclic) bond motifs is 2. The van der Waals surface area contributed by atoms with E-state index in [-0.39, 0.29) is 23.7 Å². The van der Waals surface area contributed by atoms with Crippen molar-refractivity contribution < 1.29 is 14.3 Å². The molecule has 202 valence electrons. The number of thiophene rings is 2. The van der Waals surface area contributed by atoms with Gasteiger partial charge in [0.1, 0.15) is 5.00 Å². The van der Waals surface area contributed by atoms with Crippen molar-refractivity contribution in [1.82, 2.24) is 14.8 Å². The van der Waals surface area contributed by atoms with Crippen LogP contribution in [0.1, 0.15) is 71.3 Å². The van der Waals surface area contributed by atoms with Crippen LogP contribution in [0.15, 0.2) is 23.2 Å². The Morgan fingerprint density at radius 2 is 2.05 bits per heavy atom. The maximum Gasteiger partial charge on any atom is 0.341 e. The zero-order valence-electron chi connectivity index (χ0n) is 22.2. The molecule has 5 rings (SSSR count). The van der Waals surface area contributed by atoms with E-state index < -0.39 is 0 Å². The van der Waals surface area contributed by atoms with Crippen molar-refractivity contribution in [3.63, 3.8) is 0 Å². The number of carbonyl (C=O) groups excluding carboxylic acids is 2. The van der Waals surface area contributed by atoms with Gasteiger partial charge in [-0.2, -0.15) is 0 Å².